The fourth-order valence-electron chi connectivity index (χ4n) is 3.71. The molecule has 2 heterocycles. The van der Waals surface area contributed by atoms with Crippen molar-refractivity contribution >= 4 is 29.7 Å². The van der Waals surface area contributed by atoms with E-state index in [9.17, 15) is 0 Å². The summed E-state index contributed by atoms with van der Waals surface area (Å²) in [4.78, 5) is 15.8. The smallest absolute Gasteiger partial charge is 0.250 e. The van der Waals surface area contributed by atoms with Gasteiger partial charge in [-0.05, 0) is 43.2 Å². The minimum atomic E-state index is 0.308. The van der Waals surface area contributed by atoms with Gasteiger partial charge < -0.3 is 29.2 Å². The molecule has 1 aliphatic heterocycles. The zero-order valence-electron chi connectivity index (χ0n) is 21.2. The van der Waals surface area contributed by atoms with Gasteiger partial charge in [-0.15, -0.1) is 0 Å². The van der Waals surface area contributed by atoms with Gasteiger partial charge in [-0.1, -0.05) is 12.1 Å². The van der Waals surface area contributed by atoms with Crippen LogP contribution in [-0.2, 0) is 4.74 Å². The van der Waals surface area contributed by atoms with Crippen LogP contribution in [0.1, 0.15) is 16.7 Å². The summed E-state index contributed by atoms with van der Waals surface area (Å²) < 4.78 is 21.7. The van der Waals surface area contributed by atoms with Gasteiger partial charge in [0, 0.05) is 24.3 Å². The molecule has 36 heavy (non-hydrogen) atoms. The van der Waals surface area contributed by atoms with Crippen molar-refractivity contribution in [3.8, 4) is 17.2 Å². The molecular formula is C25H31N7O4. The van der Waals surface area contributed by atoms with E-state index in [4.69, 9.17) is 18.9 Å². The van der Waals surface area contributed by atoms with Crippen LogP contribution in [0.15, 0.2) is 35.4 Å². The van der Waals surface area contributed by atoms with Crippen molar-refractivity contribution in [3.63, 3.8) is 0 Å². The minimum absolute atomic E-state index is 0.308. The van der Waals surface area contributed by atoms with Crippen molar-refractivity contribution in [2.75, 3.05) is 63.3 Å². The second kappa shape index (κ2) is 11.5. The number of aryl methyl sites for hydroxylation is 2. The number of anilines is 4. The van der Waals surface area contributed by atoms with E-state index >= 15 is 0 Å². The van der Waals surface area contributed by atoms with E-state index in [-0.39, 0.29) is 0 Å². The lowest BCUT2D eigenvalue weighted by Crippen LogP contribution is -2.37. The van der Waals surface area contributed by atoms with Gasteiger partial charge in [-0.3, -0.25) is 0 Å². The SMILES string of the molecule is COc1cc(/C=N/Nc2nc(Nc3cc(C)ccc3C)nc(N3CCOCC3)n2)cc(OC)c1OC. The van der Waals surface area contributed by atoms with Crippen LogP contribution in [-0.4, -0.2) is 68.8 Å². The third-order valence-corrected chi connectivity index (χ3v) is 5.62. The average molecular weight is 494 g/mol. The van der Waals surface area contributed by atoms with Crippen LogP contribution >= 0.6 is 0 Å². The number of aromatic nitrogens is 3. The van der Waals surface area contributed by atoms with Crippen LogP contribution in [0.2, 0.25) is 0 Å². The Labute approximate surface area is 210 Å². The Hall–Kier alpha value is -4.12. The van der Waals surface area contributed by atoms with Gasteiger partial charge in [-0.25, -0.2) is 5.43 Å². The third kappa shape index (κ3) is 5.92. The highest BCUT2D eigenvalue weighted by atomic mass is 16.5. The Kier molecular flexibility index (Phi) is 8.01. The largest absolute Gasteiger partial charge is 0.493 e. The van der Waals surface area contributed by atoms with Crippen molar-refractivity contribution < 1.29 is 18.9 Å². The van der Waals surface area contributed by atoms with Crippen LogP contribution in [0.4, 0.5) is 23.5 Å². The summed E-state index contributed by atoms with van der Waals surface area (Å²) in [5.41, 5.74) is 6.82. The van der Waals surface area contributed by atoms with Crippen LogP contribution in [0, 0.1) is 13.8 Å². The number of hydrogen-bond acceptors (Lipinski definition) is 11. The molecule has 0 amide bonds. The van der Waals surface area contributed by atoms with Gasteiger partial charge in [0.1, 0.15) is 0 Å². The second-order valence-electron chi connectivity index (χ2n) is 8.15. The van der Waals surface area contributed by atoms with Gasteiger partial charge >= 0.3 is 0 Å². The predicted molar refractivity (Wildman–Crippen MR) is 139 cm³/mol. The fourth-order valence-corrected chi connectivity index (χ4v) is 3.71. The highest BCUT2D eigenvalue weighted by molar-refractivity contribution is 5.83. The highest BCUT2D eigenvalue weighted by Crippen LogP contribution is 2.37. The first-order valence-corrected chi connectivity index (χ1v) is 11.5. The van der Waals surface area contributed by atoms with E-state index in [1.54, 1.807) is 39.7 Å². The van der Waals surface area contributed by atoms with Gasteiger partial charge in [0.2, 0.25) is 23.6 Å². The lowest BCUT2D eigenvalue weighted by atomic mass is 10.1. The van der Waals surface area contributed by atoms with Crippen LogP contribution in [0.3, 0.4) is 0 Å². The number of hydrogen-bond donors (Lipinski definition) is 2. The average Bonchev–Trinajstić information content (AvgIpc) is 2.90. The molecule has 190 valence electrons. The monoisotopic (exact) mass is 493 g/mol. The molecular weight excluding hydrogens is 462 g/mol. The summed E-state index contributed by atoms with van der Waals surface area (Å²) in [6, 6.07) is 9.78. The molecule has 0 atom stereocenters. The van der Waals surface area contributed by atoms with Crippen molar-refractivity contribution in [3.05, 3.63) is 47.0 Å². The summed E-state index contributed by atoms with van der Waals surface area (Å²) in [5, 5.41) is 7.66. The number of rotatable bonds is 9. The molecule has 11 nitrogen and oxygen atoms in total. The minimum Gasteiger partial charge on any atom is -0.493 e. The second-order valence-corrected chi connectivity index (χ2v) is 8.15. The van der Waals surface area contributed by atoms with Crippen molar-refractivity contribution in [2.45, 2.75) is 13.8 Å². The summed E-state index contributed by atoms with van der Waals surface area (Å²) in [5.74, 6) is 2.86. The molecule has 1 aliphatic rings. The highest BCUT2D eigenvalue weighted by Gasteiger charge is 2.17. The Morgan fingerprint density at radius 1 is 0.917 bits per heavy atom. The maximum atomic E-state index is 5.48. The number of nitrogens with one attached hydrogen (secondary N) is 2. The quantitative estimate of drug-likeness (QED) is 0.339. The first-order chi connectivity index (χ1) is 17.5. The van der Waals surface area contributed by atoms with E-state index in [2.05, 4.69) is 53.9 Å². The topological polar surface area (TPSA) is 115 Å². The number of benzene rings is 2. The standard InChI is InChI=1S/C25H31N7O4/c1-16-6-7-17(2)19(12-16)27-23-28-24(30-25(29-23)32-8-10-36-11-9-32)31-26-15-18-13-20(33-3)22(35-5)21(14-18)34-4/h6-7,12-15H,8-11H2,1-5H3,(H2,27,28,29,30,31)/b26-15+. The number of methoxy groups -OCH3 is 3. The molecule has 0 saturated carbocycles. The third-order valence-electron chi connectivity index (χ3n) is 5.62. The van der Waals surface area contributed by atoms with Gasteiger partial charge in [0.05, 0.1) is 40.8 Å². The van der Waals surface area contributed by atoms with E-state index in [1.807, 2.05) is 13.8 Å². The van der Waals surface area contributed by atoms with Crippen molar-refractivity contribution in [1.29, 1.82) is 0 Å². The maximum absolute atomic E-state index is 5.48. The Morgan fingerprint density at radius 3 is 2.28 bits per heavy atom. The molecule has 0 radical (unpaired) electrons. The molecule has 0 spiro atoms. The van der Waals surface area contributed by atoms with Crippen molar-refractivity contribution in [2.24, 2.45) is 5.10 Å². The van der Waals surface area contributed by atoms with Crippen LogP contribution in [0.5, 0.6) is 17.2 Å². The van der Waals surface area contributed by atoms with E-state index in [1.165, 1.54) is 0 Å². The molecule has 4 rings (SSSR count). The summed E-state index contributed by atoms with van der Waals surface area (Å²) in [6.07, 6.45) is 1.63. The summed E-state index contributed by atoms with van der Waals surface area (Å²) >= 11 is 0. The molecule has 0 unspecified atom stereocenters. The lowest BCUT2D eigenvalue weighted by molar-refractivity contribution is 0.122. The van der Waals surface area contributed by atoms with Gasteiger partial charge in [0.25, 0.3) is 0 Å². The van der Waals surface area contributed by atoms with Crippen LogP contribution in [0.25, 0.3) is 0 Å². The van der Waals surface area contributed by atoms with E-state index < -0.39 is 0 Å². The molecule has 1 aromatic heterocycles. The zero-order chi connectivity index (χ0) is 25.5. The maximum Gasteiger partial charge on any atom is 0.250 e. The first kappa shape index (κ1) is 25.0. The summed E-state index contributed by atoms with van der Waals surface area (Å²) in [7, 11) is 4.70. The molecule has 3 aromatic rings. The normalized spacial score (nSPS) is 13.5. The zero-order valence-corrected chi connectivity index (χ0v) is 21.2. The number of nitrogens with zero attached hydrogens (tertiary/aromatic N) is 5. The summed E-state index contributed by atoms with van der Waals surface area (Å²) in [6.45, 7) is 6.71. The van der Waals surface area contributed by atoms with E-state index in [0.717, 1.165) is 22.4 Å². The Balaban J connectivity index is 1.61. The fraction of sp³-hybridized carbons (Fsp3) is 0.360. The number of morpholine rings is 1. The molecule has 0 aliphatic carbocycles. The number of hydrazone groups is 1. The Morgan fingerprint density at radius 2 is 1.61 bits per heavy atom. The molecule has 2 N–H and O–H groups in total. The van der Waals surface area contributed by atoms with E-state index in [0.29, 0.717) is 61.4 Å². The molecule has 11 heteroatoms. The van der Waals surface area contributed by atoms with Gasteiger partial charge in [-0.2, -0.15) is 20.1 Å². The molecule has 1 saturated heterocycles. The Bertz CT molecular complexity index is 1200. The molecule has 2 aromatic carbocycles. The predicted octanol–water partition coefficient (Wildman–Crippen LogP) is 3.54. The van der Waals surface area contributed by atoms with Gasteiger partial charge in [0.15, 0.2) is 11.5 Å². The van der Waals surface area contributed by atoms with Crippen LogP contribution < -0.4 is 29.9 Å². The first-order valence-electron chi connectivity index (χ1n) is 11.5. The van der Waals surface area contributed by atoms with Crippen molar-refractivity contribution in [1.82, 2.24) is 15.0 Å². The molecule has 0 bridgehead atoms. The lowest BCUT2D eigenvalue weighted by Gasteiger charge is -2.27. The molecule has 1 fully saturated rings. The number of ether oxygens (including phenoxy) is 4.